The summed E-state index contributed by atoms with van der Waals surface area (Å²) in [7, 11) is 1.75. The fourth-order valence-corrected chi connectivity index (χ4v) is 2.67. The number of aromatic amines is 1. The highest BCUT2D eigenvalue weighted by Crippen LogP contribution is 2.43. The molecule has 0 unspecified atom stereocenters. The summed E-state index contributed by atoms with van der Waals surface area (Å²) in [6.07, 6.45) is 4.14. The van der Waals surface area contributed by atoms with E-state index < -0.39 is 5.41 Å². The quantitative estimate of drug-likeness (QED) is 0.894. The van der Waals surface area contributed by atoms with E-state index in [1.54, 1.807) is 11.9 Å². The summed E-state index contributed by atoms with van der Waals surface area (Å²) in [6, 6.07) is 10.1. The van der Waals surface area contributed by atoms with Crippen molar-refractivity contribution in [3.8, 4) is 6.07 Å². The smallest absolute Gasteiger partial charge is 0.247 e. The number of carbonyl (C=O) groups is 1. The van der Waals surface area contributed by atoms with Gasteiger partial charge in [0.2, 0.25) is 5.91 Å². The fraction of sp³-hybridized carbons (Fsp3) is 0.333. The zero-order valence-electron chi connectivity index (χ0n) is 10.8. The lowest BCUT2D eigenvalue weighted by Gasteiger charge is -2.36. The maximum Gasteiger partial charge on any atom is 0.247 e. The molecule has 1 aliphatic carbocycles. The van der Waals surface area contributed by atoms with Crippen molar-refractivity contribution < 1.29 is 4.79 Å². The average molecular weight is 253 g/mol. The number of carbonyl (C=O) groups excluding carboxylic acids is 1. The molecular formula is C15H15N3O. The highest BCUT2D eigenvalue weighted by atomic mass is 16.2. The molecule has 0 saturated heterocycles. The molecule has 3 rings (SSSR count). The predicted octanol–water partition coefficient (Wildman–Crippen LogP) is 2.82. The minimum atomic E-state index is -0.798. The van der Waals surface area contributed by atoms with Crippen LogP contribution in [-0.4, -0.2) is 17.9 Å². The van der Waals surface area contributed by atoms with Crippen LogP contribution < -0.4 is 4.90 Å². The van der Waals surface area contributed by atoms with Crippen molar-refractivity contribution in [3.05, 3.63) is 30.5 Å². The largest absolute Gasteiger partial charge is 0.359 e. The molecule has 1 heterocycles. The summed E-state index contributed by atoms with van der Waals surface area (Å²) < 4.78 is 0. The molecule has 4 heteroatoms. The number of nitriles is 1. The number of anilines is 1. The Bertz CT molecular complexity index is 676. The van der Waals surface area contributed by atoms with Crippen LogP contribution in [0.3, 0.4) is 0 Å². The number of rotatable bonds is 2. The number of para-hydroxylation sites is 1. The van der Waals surface area contributed by atoms with Gasteiger partial charge in [0.25, 0.3) is 0 Å². The number of H-pyrrole nitrogens is 1. The number of nitrogens with one attached hydrogen (secondary N) is 1. The second kappa shape index (κ2) is 4.13. The molecule has 0 atom stereocenters. The highest BCUT2D eigenvalue weighted by molar-refractivity contribution is 6.06. The van der Waals surface area contributed by atoms with Crippen molar-refractivity contribution in [2.24, 2.45) is 5.41 Å². The third-order valence-electron chi connectivity index (χ3n) is 4.06. The third kappa shape index (κ3) is 1.62. The lowest BCUT2D eigenvalue weighted by Crippen LogP contribution is -2.45. The third-order valence-corrected chi connectivity index (χ3v) is 4.06. The van der Waals surface area contributed by atoms with Gasteiger partial charge in [-0.05, 0) is 25.3 Å². The molecule has 1 fully saturated rings. The van der Waals surface area contributed by atoms with E-state index >= 15 is 0 Å². The molecule has 1 aliphatic rings. The van der Waals surface area contributed by atoms with Gasteiger partial charge in [-0.1, -0.05) is 18.2 Å². The van der Waals surface area contributed by atoms with Crippen molar-refractivity contribution in [2.45, 2.75) is 19.3 Å². The Hall–Kier alpha value is -2.28. The molecule has 19 heavy (non-hydrogen) atoms. The van der Waals surface area contributed by atoms with Gasteiger partial charge in [0.05, 0.1) is 11.8 Å². The van der Waals surface area contributed by atoms with E-state index in [9.17, 15) is 10.1 Å². The van der Waals surface area contributed by atoms with E-state index in [2.05, 4.69) is 11.1 Å². The summed E-state index contributed by atoms with van der Waals surface area (Å²) >= 11 is 0. The summed E-state index contributed by atoms with van der Waals surface area (Å²) in [6.45, 7) is 0. The first-order valence-electron chi connectivity index (χ1n) is 6.43. The van der Waals surface area contributed by atoms with Crippen molar-refractivity contribution in [1.29, 1.82) is 5.26 Å². The Labute approximate surface area is 111 Å². The number of hydrogen-bond acceptors (Lipinski definition) is 2. The number of fused-ring (bicyclic) bond motifs is 1. The molecule has 1 amide bonds. The zero-order valence-corrected chi connectivity index (χ0v) is 10.8. The Morgan fingerprint density at radius 2 is 2.16 bits per heavy atom. The van der Waals surface area contributed by atoms with Crippen molar-refractivity contribution in [1.82, 2.24) is 4.98 Å². The Kier molecular flexibility index (Phi) is 2.56. The first-order chi connectivity index (χ1) is 9.18. The molecule has 96 valence electrons. The van der Waals surface area contributed by atoms with Crippen LogP contribution in [0.5, 0.6) is 0 Å². The van der Waals surface area contributed by atoms with Gasteiger partial charge in [0.15, 0.2) is 0 Å². The maximum atomic E-state index is 12.5. The molecule has 0 aliphatic heterocycles. The Morgan fingerprint density at radius 1 is 1.42 bits per heavy atom. The number of amides is 1. The molecule has 2 aromatic rings. The lowest BCUT2D eigenvalue weighted by atomic mass is 9.69. The van der Waals surface area contributed by atoms with Crippen LogP contribution in [0.15, 0.2) is 30.5 Å². The van der Waals surface area contributed by atoms with Crippen LogP contribution in [0, 0.1) is 16.7 Å². The predicted molar refractivity (Wildman–Crippen MR) is 73.6 cm³/mol. The molecule has 0 bridgehead atoms. The average Bonchev–Trinajstić information content (AvgIpc) is 2.81. The molecule has 1 N–H and O–H groups in total. The van der Waals surface area contributed by atoms with Crippen LogP contribution in [0.1, 0.15) is 19.3 Å². The fourth-order valence-electron chi connectivity index (χ4n) is 2.67. The first kappa shape index (κ1) is 11.8. The van der Waals surface area contributed by atoms with Crippen LogP contribution in [-0.2, 0) is 4.79 Å². The molecule has 1 aromatic carbocycles. The second-order valence-corrected chi connectivity index (χ2v) is 5.13. The molecule has 4 nitrogen and oxygen atoms in total. The van der Waals surface area contributed by atoms with Crippen molar-refractivity contribution >= 4 is 22.5 Å². The summed E-state index contributed by atoms with van der Waals surface area (Å²) in [5.41, 5.74) is 1.03. The number of aromatic nitrogens is 1. The maximum absolute atomic E-state index is 12.5. The van der Waals surface area contributed by atoms with E-state index in [1.165, 1.54) is 0 Å². The monoisotopic (exact) mass is 253 g/mol. The molecule has 1 aromatic heterocycles. The number of nitrogens with zero attached hydrogens (tertiary/aromatic N) is 2. The number of benzene rings is 1. The molecule has 1 saturated carbocycles. The zero-order chi connectivity index (χ0) is 13.5. The van der Waals surface area contributed by atoms with Crippen molar-refractivity contribution in [3.63, 3.8) is 0 Å². The van der Waals surface area contributed by atoms with Crippen molar-refractivity contribution in [2.75, 3.05) is 11.9 Å². The highest BCUT2D eigenvalue weighted by Gasteiger charge is 2.46. The SMILES string of the molecule is CN(C(=O)C1(C#N)CCC1)c1c[nH]c2ccccc12. The standard InChI is InChI=1S/C15H15N3O/c1-18(14(19)15(10-16)7-4-8-15)13-9-17-12-6-3-2-5-11(12)13/h2-3,5-6,9,17H,4,7-8H2,1H3. The summed E-state index contributed by atoms with van der Waals surface area (Å²) in [5, 5.41) is 10.3. The van der Waals surface area contributed by atoms with Gasteiger partial charge < -0.3 is 9.88 Å². The van der Waals surface area contributed by atoms with Crippen LogP contribution >= 0.6 is 0 Å². The van der Waals surface area contributed by atoms with Gasteiger partial charge in [0.1, 0.15) is 5.41 Å². The summed E-state index contributed by atoms with van der Waals surface area (Å²) in [5.74, 6) is -0.0917. The van der Waals surface area contributed by atoms with Gasteiger partial charge in [0, 0.05) is 24.1 Å². The van der Waals surface area contributed by atoms with Gasteiger partial charge in [-0.25, -0.2) is 0 Å². The van der Waals surface area contributed by atoms with Crippen LogP contribution in [0.2, 0.25) is 0 Å². The topological polar surface area (TPSA) is 59.9 Å². The van der Waals surface area contributed by atoms with E-state index in [0.29, 0.717) is 12.8 Å². The van der Waals surface area contributed by atoms with E-state index in [0.717, 1.165) is 23.0 Å². The normalized spacial score (nSPS) is 16.6. The first-order valence-corrected chi connectivity index (χ1v) is 6.43. The van der Waals surface area contributed by atoms with Gasteiger partial charge in [-0.2, -0.15) is 5.26 Å². The molecular weight excluding hydrogens is 238 g/mol. The minimum absolute atomic E-state index is 0.0917. The van der Waals surface area contributed by atoms with E-state index in [1.807, 2.05) is 30.5 Å². The van der Waals surface area contributed by atoms with Gasteiger partial charge in [-0.15, -0.1) is 0 Å². The Balaban J connectivity index is 1.98. The van der Waals surface area contributed by atoms with E-state index in [4.69, 9.17) is 0 Å². The van der Waals surface area contributed by atoms with Crippen LogP contribution in [0.4, 0.5) is 5.69 Å². The Morgan fingerprint density at radius 3 is 2.79 bits per heavy atom. The lowest BCUT2D eigenvalue weighted by molar-refractivity contribution is -0.128. The summed E-state index contributed by atoms with van der Waals surface area (Å²) in [4.78, 5) is 17.3. The minimum Gasteiger partial charge on any atom is -0.359 e. The van der Waals surface area contributed by atoms with Crippen LogP contribution in [0.25, 0.3) is 10.9 Å². The molecule has 0 spiro atoms. The van der Waals surface area contributed by atoms with Gasteiger partial charge >= 0.3 is 0 Å². The van der Waals surface area contributed by atoms with E-state index in [-0.39, 0.29) is 5.91 Å². The van der Waals surface area contributed by atoms with Gasteiger partial charge in [-0.3, -0.25) is 4.79 Å². The number of hydrogen-bond donors (Lipinski definition) is 1. The molecule has 0 radical (unpaired) electrons. The second-order valence-electron chi connectivity index (χ2n) is 5.13.